The van der Waals surface area contributed by atoms with Gasteiger partial charge in [-0.2, -0.15) is 4.98 Å². The molecule has 5 aliphatic heterocycles. The number of aromatic nitrogens is 2. The number of thioether (sulfide) groups is 1. The van der Waals surface area contributed by atoms with Crippen molar-refractivity contribution >= 4 is 50.1 Å². The second-order valence-electron chi connectivity index (χ2n) is 16.3. The Hall–Kier alpha value is -3.08. The largest absolute Gasteiger partial charge is 0.478 e. The molecule has 20 nitrogen and oxygen atoms in total. The van der Waals surface area contributed by atoms with Gasteiger partial charge in [0.05, 0.1) is 18.6 Å². The van der Waals surface area contributed by atoms with Crippen LogP contribution in [0.4, 0.5) is 14.6 Å². The van der Waals surface area contributed by atoms with Crippen molar-refractivity contribution < 1.29 is 68.9 Å². The second-order valence-corrected chi connectivity index (χ2v) is 20.4. The molecule has 25 heteroatoms. The number of carbonyl (C=O) groups is 2. The Balaban J connectivity index is 0.000000228. The lowest BCUT2D eigenvalue weighted by Crippen LogP contribution is -2.49. The van der Waals surface area contributed by atoms with Crippen molar-refractivity contribution in [3.63, 3.8) is 0 Å². The van der Waals surface area contributed by atoms with Crippen molar-refractivity contribution in [2.75, 3.05) is 31.7 Å². The number of carbonyl (C=O) groups excluding carboxylic acids is 2. The number of alkyl halides is 2. The van der Waals surface area contributed by atoms with Crippen LogP contribution in [0.25, 0.3) is 0 Å². The summed E-state index contributed by atoms with van der Waals surface area (Å²) < 4.78 is 106. The van der Waals surface area contributed by atoms with Crippen LogP contribution in [0.1, 0.15) is 74.5 Å². The first kappa shape index (κ1) is 48.0. The molecule has 1 aromatic heterocycles. The monoisotopic (exact) mass is 912 g/mol. The highest BCUT2D eigenvalue weighted by Crippen LogP contribution is 2.62. The van der Waals surface area contributed by atoms with E-state index < -0.39 is 93.1 Å². The average Bonchev–Trinajstić information content (AvgIpc) is 3.61. The Labute approximate surface area is 349 Å². The van der Waals surface area contributed by atoms with Gasteiger partial charge in [0, 0.05) is 17.8 Å². The maximum absolute atomic E-state index is 15.4. The van der Waals surface area contributed by atoms with Crippen molar-refractivity contribution in [3.05, 3.63) is 47.4 Å². The fourth-order valence-electron chi connectivity index (χ4n) is 6.27. The molecule has 0 radical (unpaired) electrons. The van der Waals surface area contributed by atoms with E-state index >= 15 is 8.78 Å². The van der Waals surface area contributed by atoms with Gasteiger partial charge in [-0.15, -0.1) is 0 Å². The van der Waals surface area contributed by atoms with E-state index in [1.807, 2.05) is 0 Å². The topological polar surface area (TPSA) is 254 Å². The van der Waals surface area contributed by atoms with E-state index in [2.05, 4.69) is 16.6 Å². The number of hydrogen-bond donors (Lipinski definition) is 2. The number of fused-ring (bicyclic) bond motifs is 2. The number of phosphoric acid groups is 2. The highest BCUT2D eigenvalue weighted by Gasteiger charge is 2.64. The Morgan fingerprint density at radius 3 is 2.02 bits per heavy atom. The first-order chi connectivity index (χ1) is 27.8. The van der Waals surface area contributed by atoms with Crippen LogP contribution in [0.2, 0.25) is 0 Å². The number of amidine groups is 1. The lowest BCUT2D eigenvalue weighted by atomic mass is 9.94. The van der Waals surface area contributed by atoms with Crippen LogP contribution in [-0.2, 0) is 60.1 Å². The lowest BCUT2D eigenvalue weighted by molar-refractivity contribution is -0.167. The molecule has 0 aliphatic carbocycles. The summed E-state index contributed by atoms with van der Waals surface area (Å²) in [5.41, 5.74) is 6.47. The van der Waals surface area contributed by atoms with Gasteiger partial charge >= 0.3 is 27.3 Å². The Morgan fingerprint density at radius 2 is 1.50 bits per heavy atom. The average molecular weight is 913 g/mol. The predicted molar refractivity (Wildman–Crippen MR) is 212 cm³/mol. The van der Waals surface area contributed by atoms with Gasteiger partial charge in [0.15, 0.2) is 29.9 Å². The zero-order chi connectivity index (χ0) is 44.6. The first-order valence-corrected chi connectivity index (χ1v) is 22.7. The van der Waals surface area contributed by atoms with Crippen LogP contribution < -0.4 is 17.2 Å². The van der Waals surface area contributed by atoms with E-state index in [9.17, 15) is 23.5 Å². The second kappa shape index (κ2) is 18.0. The van der Waals surface area contributed by atoms with Crippen LogP contribution >= 0.6 is 27.4 Å². The molecule has 60 heavy (non-hydrogen) atoms. The third-order valence-corrected chi connectivity index (χ3v) is 13.9. The van der Waals surface area contributed by atoms with Crippen molar-refractivity contribution in [2.45, 2.75) is 116 Å². The minimum Gasteiger partial charge on any atom is -0.437 e. The summed E-state index contributed by atoms with van der Waals surface area (Å²) in [6, 6.07) is 1.33. The molecule has 1 aromatic rings. The molecule has 0 spiro atoms. The Bertz CT molecular complexity index is 2030. The summed E-state index contributed by atoms with van der Waals surface area (Å²) in [6.45, 7) is 16.3. The van der Waals surface area contributed by atoms with Crippen LogP contribution in [-0.4, -0.2) is 99.3 Å². The number of phosphoric ester groups is 2. The van der Waals surface area contributed by atoms with Gasteiger partial charge < -0.3 is 30.6 Å². The quantitative estimate of drug-likeness (QED) is 0.173. The molecule has 10 atom stereocenters. The number of aliphatic imine (C=N–C) groups is 1. The summed E-state index contributed by atoms with van der Waals surface area (Å²) in [4.78, 5) is 44.9. The zero-order valence-electron chi connectivity index (χ0n) is 34.4. The molecule has 336 valence electrons. The summed E-state index contributed by atoms with van der Waals surface area (Å²) in [5, 5.41) is -0.142. The number of ether oxygens (including phenoxy) is 3. The van der Waals surface area contributed by atoms with Crippen molar-refractivity contribution in [2.24, 2.45) is 21.6 Å². The third-order valence-electron chi connectivity index (χ3n) is 9.88. The van der Waals surface area contributed by atoms with Gasteiger partial charge in [-0.05, 0) is 45.8 Å². The van der Waals surface area contributed by atoms with E-state index in [-0.39, 0.29) is 48.2 Å². The van der Waals surface area contributed by atoms with E-state index in [1.54, 1.807) is 55.4 Å². The normalized spacial score (nSPS) is 35.2. The molecule has 4 unspecified atom stereocenters. The minimum atomic E-state index is -4.24. The van der Waals surface area contributed by atoms with Crippen molar-refractivity contribution in [1.82, 2.24) is 14.5 Å². The van der Waals surface area contributed by atoms with Gasteiger partial charge in [0.2, 0.25) is 6.79 Å². The number of esters is 1. The van der Waals surface area contributed by atoms with Crippen LogP contribution in [0.5, 0.6) is 0 Å². The molecule has 4 saturated heterocycles. The van der Waals surface area contributed by atoms with Crippen LogP contribution in [0.15, 0.2) is 46.7 Å². The number of nitrogens with two attached hydrogens (primary N) is 2. The number of halogens is 2. The molecule has 6 heterocycles. The Morgan fingerprint density at radius 1 is 0.950 bits per heavy atom. The molecule has 4 fully saturated rings. The van der Waals surface area contributed by atoms with Gasteiger partial charge in [-0.1, -0.05) is 53.0 Å². The molecule has 6 rings (SSSR count). The molecule has 0 amide bonds. The molecular weight excluding hydrogens is 860 g/mol. The molecule has 0 aromatic carbocycles. The van der Waals surface area contributed by atoms with Crippen molar-refractivity contribution in [3.8, 4) is 0 Å². The molecular formula is C35H52F2N6O14P2S. The summed E-state index contributed by atoms with van der Waals surface area (Å²) in [5.74, 6) is -0.386. The van der Waals surface area contributed by atoms with E-state index in [0.29, 0.717) is 6.42 Å². The Kier molecular flexibility index (Phi) is 14.4. The fourth-order valence-corrected chi connectivity index (χ4v) is 10.0. The van der Waals surface area contributed by atoms with E-state index in [4.69, 9.17) is 52.8 Å². The maximum Gasteiger partial charge on any atom is 0.478 e. The molecule has 4 N–H and O–H groups in total. The molecule has 0 bridgehead atoms. The van der Waals surface area contributed by atoms with Gasteiger partial charge in [0.1, 0.15) is 46.8 Å². The summed E-state index contributed by atoms with van der Waals surface area (Å²) >= 11 is 0.856. The third kappa shape index (κ3) is 10.2. The number of nitrogens with zero attached hydrogens (tertiary/aromatic N) is 4. The summed E-state index contributed by atoms with van der Waals surface area (Å²) in [6.07, 6.45) is -3.75. The predicted octanol–water partition coefficient (Wildman–Crippen LogP) is 5.22. The zero-order valence-corrected chi connectivity index (χ0v) is 37.0. The number of hydrogen-bond acceptors (Lipinski definition) is 20. The number of rotatable bonds is 10. The van der Waals surface area contributed by atoms with E-state index in [0.717, 1.165) is 16.3 Å². The molecule has 5 aliphatic rings. The molecule has 0 saturated carbocycles. The van der Waals surface area contributed by atoms with Crippen molar-refractivity contribution in [1.29, 1.82) is 0 Å². The maximum atomic E-state index is 15.4. The minimum absolute atomic E-state index is 0.0189. The van der Waals surface area contributed by atoms with Gasteiger partial charge in [-0.25, -0.2) is 32.2 Å². The highest BCUT2D eigenvalue weighted by atomic mass is 32.2. The van der Waals surface area contributed by atoms with Gasteiger partial charge in [0.25, 0.3) is 0 Å². The number of nitrogen functional groups attached to an aromatic ring is 1. The standard InChI is InChI=1S/C18H27FN3O6PS.C17H25FN3O8P/c1-6-18-9-25-29(24,26-10-30-16(23)17(3,4)5)28-14(18)13(19)15(27-18)22-8-7-12(20)21-11(22)2;1-5-17-8-26-30(24,27-9-25-14(22)16(2,3)4)29-12(17)11(18)13(28-17)21-7-6-10(19)20-15(21)23/h7-8,13-15H,2,6,9-10H2,1,3-5H3,(H2,20,21);6-7,11-13H,5,8-9H2,1-4H3,(H2,19,20,23)/t13-,14?,15-,18-,29?;11-,12?,13-,17-,30?/m11/s1. The summed E-state index contributed by atoms with van der Waals surface area (Å²) in [7, 11) is -8.32. The van der Waals surface area contributed by atoms with Gasteiger partial charge in [-0.3, -0.25) is 36.8 Å². The lowest BCUT2D eigenvalue weighted by Gasteiger charge is -2.39. The van der Waals surface area contributed by atoms with Crippen LogP contribution in [0, 0.1) is 10.8 Å². The smallest absolute Gasteiger partial charge is 0.437 e. The number of anilines is 1. The highest BCUT2D eigenvalue weighted by molar-refractivity contribution is 8.13. The SMILES string of the molecule is C=C1N=C(N)C=CN1[C@@H]1O[C@]2(CC)COP(=O)(OCSC(=O)C(C)(C)C)OC2[C@H]1F.CC[C@@]12COP(=O)(OCOC(=O)C(C)(C)C)OC1[C@@H](F)[C@H](n1ccc(N)nc1=O)O2. The first-order valence-electron chi connectivity index (χ1n) is 18.8. The van der Waals surface area contributed by atoms with E-state index in [1.165, 1.54) is 29.4 Å². The van der Waals surface area contributed by atoms with Crippen LogP contribution in [0.3, 0.4) is 0 Å². The fraction of sp³-hybridized carbons (Fsp3) is 0.686.